The first-order valence-corrected chi connectivity index (χ1v) is 4.96. The predicted octanol–water partition coefficient (Wildman–Crippen LogP) is 2.20. The molecule has 0 spiro atoms. The van der Waals surface area contributed by atoms with Gasteiger partial charge in [0.15, 0.2) is 0 Å². The molecule has 14 heavy (non-hydrogen) atoms. The third-order valence-corrected chi connectivity index (χ3v) is 2.80. The standard InChI is InChI=1S/C11H15FN2/c1-3-14-6-8-4-9(13-2)5-11(12)10(8)7-14/h4-5,13H,3,6-7H2,1-2H3. The van der Waals surface area contributed by atoms with E-state index in [1.54, 1.807) is 6.07 Å². The average Bonchev–Trinajstić information content (AvgIpc) is 2.61. The summed E-state index contributed by atoms with van der Waals surface area (Å²) in [5.41, 5.74) is 2.85. The molecule has 0 bridgehead atoms. The highest BCUT2D eigenvalue weighted by Gasteiger charge is 2.21. The number of hydrogen-bond acceptors (Lipinski definition) is 2. The zero-order valence-corrected chi connectivity index (χ0v) is 8.60. The molecule has 0 fully saturated rings. The molecule has 1 aliphatic rings. The van der Waals surface area contributed by atoms with Crippen molar-refractivity contribution < 1.29 is 4.39 Å². The van der Waals surface area contributed by atoms with Gasteiger partial charge in [-0.1, -0.05) is 6.92 Å². The van der Waals surface area contributed by atoms with E-state index in [9.17, 15) is 4.39 Å². The maximum absolute atomic E-state index is 13.6. The molecule has 0 unspecified atom stereocenters. The van der Waals surface area contributed by atoms with Crippen molar-refractivity contribution in [2.24, 2.45) is 0 Å². The van der Waals surface area contributed by atoms with Crippen LogP contribution in [0.1, 0.15) is 18.1 Å². The maximum atomic E-state index is 13.6. The molecule has 0 amide bonds. The lowest BCUT2D eigenvalue weighted by Gasteiger charge is -2.09. The number of anilines is 1. The van der Waals surface area contributed by atoms with Crippen molar-refractivity contribution in [3.63, 3.8) is 0 Å². The normalized spacial score (nSPS) is 15.6. The van der Waals surface area contributed by atoms with Gasteiger partial charge in [-0.25, -0.2) is 4.39 Å². The summed E-state index contributed by atoms with van der Waals surface area (Å²) in [6, 6.07) is 3.60. The first-order valence-electron chi connectivity index (χ1n) is 4.96. The first-order chi connectivity index (χ1) is 6.74. The van der Waals surface area contributed by atoms with E-state index in [0.29, 0.717) is 0 Å². The highest BCUT2D eigenvalue weighted by Crippen LogP contribution is 2.27. The molecule has 1 heterocycles. The molecule has 1 aromatic carbocycles. The summed E-state index contributed by atoms with van der Waals surface area (Å²) in [4.78, 5) is 2.23. The van der Waals surface area contributed by atoms with Crippen LogP contribution in [0.25, 0.3) is 0 Å². The molecule has 0 atom stereocenters. The van der Waals surface area contributed by atoms with E-state index in [2.05, 4.69) is 17.1 Å². The molecule has 0 saturated carbocycles. The summed E-state index contributed by atoms with van der Waals surface area (Å²) in [7, 11) is 1.81. The second kappa shape index (κ2) is 3.58. The molecule has 3 heteroatoms. The SMILES string of the molecule is CCN1Cc2cc(NC)cc(F)c2C1. The van der Waals surface area contributed by atoms with Gasteiger partial charge in [0, 0.05) is 31.4 Å². The first kappa shape index (κ1) is 9.46. The van der Waals surface area contributed by atoms with Crippen LogP contribution >= 0.6 is 0 Å². The Hall–Kier alpha value is -1.09. The molecular formula is C11H15FN2. The van der Waals surface area contributed by atoms with Gasteiger partial charge in [0.05, 0.1) is 0 Å². The summed E-state index contributed by atoms with van der Waals surface area (Å²) in [6.45, 7) is 4.70. The van der Waals surface area contributed by atoms with Gasteiger partial charge in [0.1, 0.15) is 5.82 Å². The quantitative estimate of drug-likeness (QED) is 0.776. The lowest BCUT2D eigenvalue weighted by molar-refractivity contribution is 0.298. The highest BCUT2D eigenvalue weighted by molar-refractivity contribution is 5.50. The van der Waals surface area contributed by atoms with Crippen molar-refractivity contribution in [1.29, 1.82) is 0 Å². The number of fused-ring (bicyclic) bond motifs is 1. The Morgan fingerprint density at radius 2 is 2.21 bits per heavy atom. The zero-order chi connectivity index (χ0) is 10.1. The van der Waals surface area contributed by atoms with Crippen molar-refractivity contribution in [3.8, 4) is 0 Å². The Labute approximate surface area is 83.7 Å². The predicted molar refractivity (Wildman–Crippen MR) is 55.7 cm³/mol. The van der Waals surface area contributed by atoms with Crippen molar-refractivity contribution >= 4 is 5.69 Å². The van der Waals surface area contributed by atoms with Gasteiger partial charge in [0.2, 0.25) is 0 Å². The molecule has 76 valence electrons. The molecular weight excluding hydrogens is 179 g/mol. The van der Waals surface area contributed by atoms with Crippen LogP contribution in [0.15, 0.2) is 12.1 Å². The van der Waals surface area contributed by atoms with E-state index in [1.165, 1.54) is 0 Å². The van der Waals surface area contributed by atoms with Gasteiger partial charge >= 0.3 is 0 Å². The highest BCUT2D eigenvalue weighted by atomic mass is 19.1. The summed E-state index contributed by atoms with van der Waals surface area (Å²) < 4.78 is 13.6. The number of halogens is 1. The van der Waals surface area contributed by atoms with Gasteiger partial charge < -0.3 is 5.32 Å². The lowest BCUT2D eigenvalue weighted by atomic mass is 10.1. The maximum Gasteiger partial charge on any atom is 0.130 e. The number of nitrogens with one attached hydrogen (secondary N) is 1. The minimum Gasteiger partial charge on any atom is -0.388 e. The Kier molecular flexibility index (Phi) is 2.42. The fraction of sp³-hybridized carbons (Fsp3) is 0.455. The van der Waals surface area contributed by atoms with Crippen molar-refractivity contribution in [2.45, 2.75) is 20.0 Å². The third kappa shape index (κ3) is 1.48. The summed E-state index contributed by atoms with van der Waals surface area (Å²) in [5.74, 6) is -0.0807. The van der Waals surface area contributed by atoms with E-state index < -0.39 is 0 Å². The van der Waals surface area contributed by atoms with E-state index in [0.717, 1.165) is 36.4 Å². The van der Waals surface area contributed by atoms with Crippen LogP contribution in [0.3, 0.4) is 0 Å². The third-order valence-electron chi connectivity index (χ3n) is 2.80. The van der Waals surface area contributed by atoms with Gasteiger partial charge in [-0.05, 0) is 24.2 Å². The molecule has 2 rings (SSSR count). The average molecular weight is 194 g/mol. The van der Waals surface area contributed by atoms with Crippen molar-refractivity contribution in [3.05, 3.63) is 29.1 Å². The topological polar surface area (TPSA) is 15.3 Å². The van der Waals surface area contributed by atoms with E-state index in [1.807, 2.05) is 13.1 Å². The minimum atomic E-state index is -0.0807. The fourth-order valence-electron chi connectivity index (χ4n) is 1.90. The van der Waals surface area contributed by atoms with Gasteiger partial charge in [-0.2, -0.15) is 0 Å². The second-order valence-corrected chi connectivity index (χ2v) is 3.65. The van der Waals surface area contributed by atoms with Gasteiger partial charge in [-0.3, -0.25) is 4.90 Å². The second-order valence-electron chi connectivity index (χ2n) is 3.65. The summed E-state index contributed by atoms with van der Waals surface area (Å²) >= 11 is 0. The largest absolute Gasteiger partial charge is 0.388 e. The minimum absolute atomic E-state index is 0.0807. The molecule has 0 aromatic heterocycles. The number of hydrogen-bond donors (Lipinski definition) is 1. The molecule has 0 saturated heterocycles. The molecule has 1 N–H and O–H groups in total. The Bertz CT molecular complexity index is 349. The van der Waals surface area contributed by atoms with Crippen LogP contribution in [0.4, 0.5) is 10.1 Å². The molecule has 1 aliphatic heterocycles. The van der Waals surface area contributed by atoms with Crippen LogP contribution < -0.4 is 5.32 Å². The summed E-state index contributed by atoms with van der Waals surface area (Å²) in [6.07, 6.45) is 0. The van der Waals surface area contributed by atoms with Gasteiger partial charge in [0.25, 0.3) is 0 Å². The van der Waals surface area contributed by atoms with Crippen LogP contribution in [-0.2, 0) is 13.1 Å². The number of nitrogens with zero attached hydrogens (tertiary/aromatic N) is 1. The molecule has 2 nitrogen and oxygen atoms in total. The van der Waals surface area contributed by atoms with Gasteiger partial charge in [-0.15, -0.1) is 0 Å². The monoisotopic (exact) mass is 194 g/mol. The Morgan fingerprint density at radius 1 is 1.43 bits per heavy atom. The lowest BCUT2D eigenvalue weighted by Crippen LogP contribution is -2.14. The number of rotatable bonds is 2. The zero-order valence-electron chi connectivity index (χ0n) is 8.60. The fourth-order valence-corrected chi connectivity index (χ4v) is 1.90. The van der Waals surface area contributed by atoms with Crippen LogP contribution in [0, 0.1) is 5.82 Å². The molecule has 0 radical (unpaired) electrons. The van der Waals surface area contributed by atoms with Crippen LogP contribution in [0.5, 0.6) is 0 Å². The van der Waals surface area contributed by atoms with E-state index >= 15 is 0 Å². The molecule has 0 aliphatic carbocycles. The van der Waals surface area contributed by atoms with E-state index in [-0.39, 0.29) is 5.82 Å². The van der Waals surface area contributed by atoms with Crippen molar-refractivity contribution in [1.82, 2.24) is 4.90 Å². The number of benzene rings is 1. The Balaban J connectivity index is 2.37. The smallest absolute Gasteiger partial charge is 0.130 e. The van der Waals surface area contributed by atoms with Crippen LogP contribution in [0.2, 0.25) is 0 Å². The van der Waals surface area contributed by atoms with Crippen LogP contribution in [-0.4, -0.2) is 18.5 Å². The van der Waals surface area contributed by atoms with Crippen molar-refractivity contribution in [2.75, 3.05) is 18.9 Å². The van der Waals surface area contributed by atoms with E-state index in [4.69, 9.17) is 0 Å². The molecule has 1 aromatic rings. The summed E-state index contributed by atoms with van der Waals surface area (Å²) in [5, 5.41) is 2.97. The Morgan fingerprint density at radius 3 is 2.86 bits per heavy atom.